The van der Waals surface area contributed by atoms with Gasteiger partial charge in [0, 0.05) is 45.9 Å². The van der Waals surface area contributed by atoms with Gasteiger partial charge in [-0.2, -0.15) is 0 Å². The van der Waals surface area contributed by atoms with Crippen molar-refractivity contribution in [2.24, 2.45) is 0 Å². The molecular weight excluding hydrogens is 310 g/mol. The Balaban J connectivity index is 0.00000242. The second kappa shape index (κ2) is 8.89. The smallest absolute Gasteiger partial charge is 0.292 e. The van der Waals surface area contributed by atoms with E-state index in [0.717, 1.165) is 13.1 Å². The maximum atomic E-state index is 11.1. The van der Waals surface area contributed by atoms with E-state index in [9.17, 15) is 15.2 Å². The van der Waals surface area contributed by atoms with Crippen LogP contribution in [0.3, 0.4) is 0 Å². The van der Waals surface area contributed by atoms with Crippen molar-refractivity contribution >= 4 is 11.4 Å². The lowest BCUT2D eigenvalue weighted by atomic mass is 10.2. The maximum Gasteiger partial charge on any atom is 0.292 e. The zero-order valence-corrected chi connectivity index (χ0v) is 13.3. The summed E-state index contributed by atoms with van der Waals surface area (Å²) in [7, 11) is 1.57. The van der Waals surface area contributed by atoms with Crippen molar-refractivity contribution < 1.29 is 27.2 Å². The highest BCUT2D eigenvalue weighted by Crippen LogP contribution is 2.28. The van der Waals surface area contributed by atoms with E-state index in [1.807, 2.05) is 11.0 Å². The Morgan fingerprint density at radius 3 is 2.55 bits per heavy atom. The van der Waals surface area contributed by atoms with Crippen LogP contribution in [-0.4, -0.2) is 67.5 Å². The molecule has 1 unspecified atom stereocenters. The van der Waals surface area contributed by atoms with Crippen LogP contribution in [0.4, 0.5) is 11.4 Å². The molecular formula is C14H21ClN3O4-. The van der Waals surface area contributed by atoms with E-state index in [1.165, 1.54) is 6.07 Å². The summed E-state index contributed by atoms with van der Waals surface area (Å²) in [6, 6.07) is 6.81. The summed E-state index contributed by atoms with van der Waals surface area (Å²) in [5.74, 6) is 0. The number of aliphatic hydroxyl groups is 1. The van der Waals surface area contributed by atoms with Crippen LogP contribution >= 0.6 is 0 Å². The number of anilines is 1. The lowest BCUT2D eigenvalue weighted by Crippen LogP contribution is -3.00. The van der Waals surface area contributed by atoms with Gasteiger partial charge in [0.25, 0.3) is 5.69 Å². The molecule has 1 aliphatic heterocycles. The second-order valence-corrected chi connectivity index (χ2v) is 5.14. The second-order valence-electron chi connectivity index (χ2n) is 5.14. The number of rotatable bonds is 6. The molecule has 2 rings (SSSR count). The summed E-state index contributed by atoms with van der Waals surface area (Å²) in [4.78, 5) is 14.9. The normalized spacial score (nSPS) is 16.9. The molecule has 7 nitrogen and oxygen atoms in total. The Morgan fingerprint density at radius 1 is 1.32 bits per heavy atom. The first-order valence-electron chi connectivity index (χ1n) is 6.99. The van der Waals surface area contributed by atoms with Crippen LogP contribution in [0.1, 0.15) is 0 Å². The van der Waals surface area contributed by atoms with Gasteiger partial charge in [-0.1, -0.05) is 12.1 Å². The molecule has 22 heavy (non-hydrogen) atoms. The van der Waals surface area contributed by atoms with Crippen LogP contribution in [0, 0.1) is 10.1 Å². The number of β-amino-alcohol motifs (C(OH)–C–C–N with tert-alkyl or cyclic N) is 1. The van der Waals surface area contributed by atoms with Crippen LogP contribution in [0.25, 0.3) is 0 Å². The number of hydrogen-bond acceptors (Lipinski definition) is 6. The van der Waals surface area contributed by atoms with Gasteiger partial charge in [-0.25, -0.2) is 0 Å². The average Bonchev–Trinajstić information content (AvgIpc) is 2.48. The fourth-order valence-electron chi connectivity index (χ4n) is 2.60. The monoisotopic (exact) mass is 330 g/mol. The van der Waals surface area contributed by atoms with Gasteiger partial charge in [0.2, 0.25) is 0 Å². The summed E-state index contributed by atoms with van der Waals surface area (Å²) in [6.07, 6.45) is -0.493. The predicted molar refractivity (Wildman–Crippen MR) is 79.6 cm³/mol. The molecule has 1 N–H and O–H groups in total. The minimum absolute atomic E-state index is 0. The van der Waals surface area contributed by atoms with Crippen molar-refractivity contribution in [3.63, 3.8) is 0 Å². The number of methoxy groups -OCH3 is 1. The fourth-order valence-corrected chi connectivity index (χ4v) is 2.60. The Labute approximate surface area is 136 Å². The predicted octanol–water partition coefficient (Wildman–Crippen LogP) is -2.27. The van der Waals surface area contributed by atoms with Crippen LogP contribution in [0.2, 0.25) is 0 Å². The standard InChI is InChI=1S/C14H21N3O4.ClH/c1-21-11-12(18)10-15-6-8-16(9-7-15)13-4-2-3-5-14(13)17(19)20;/h2-5,12,18H,6-11H2,1H3;1H/p-1. The third-order valence-electron chi connectivity index (χ3n) is 3.62. The van der Waals surface area contributed by atoms with E-state index in [4.69, 9.17) is 4.74 Å². The molecule has 1 atom stereocenters. The molecule has 1 aliphatic rings. The largest absolute Gasteiger partial charge is 1.00 e. The maximum absolute atomic E-state index is 11.1. The van der Waals surface area contributed by atoms with Gasteiger partial charge in [0.1, 0.15) is 5.69 Å². The summed E-state index contributed by atoms with van der Waals surface area (Å²) >= 11 is 0. The van der Waals surface area contributed by atoms with E-state index in [0.29, 0.717) is 31.9 Å². The quantitative estimate of drug-likeness (QED) is 0.468. The lowest BCUT2D eigenvalue weighted by Gasteiger charge is -2.36. The van der Waals surface area contributed by atoms with Gasteiger partial charge >= 0.3 is 0 Å². The first-order valence-corrected chi connectivity index (χ1v) is 6.99. The molecule has 1 saturated heterocycles. The molecule has 0 spiro atoms. The molecule has 0 aromatic heterocycles. The molecule has 0 amide bonds. The average molecular weight is 331 g/mol. The van der Waals surface area contributed by atoms with E-state index < -0.39 is 6.10 Å². The van der Waals surface area contributed by atoms with Gasteiger partial charge in [-0.3, -0.25) is 15.0 Å². The fraction of sp³-hybridized carbons (Fsp3) is 0.571. The van der Waals surface area contributed by atoms with Crippen molar-refractivity contribution in [3.05, 3.63) is 34.4 Å². The minimum Gasteiger partial charge on any atom is -1.00 e. The van der Waals surface area contributed by atoms with Crippen LogP contribution < -0.4 is 17.3 Å². The van der Waals surface area contributed by atoms with Crippen molar-refractivity contribution in [1.29, 1.82) is 0 Å². The zero-order valence-electron chi connectivity index (χ0n) is 12.5. The highest BCUT2D eigenvalue weighted by molar-refractivity contribution is 5.63. The van der Waals surface area contributed by atoms with E-state index >= 15 is 0 Å². The van der Waals surface area contributed by atoms with Crippen LogP contribution in [-0.2, 0) is 4.74 Å². The van der Waals surface area contributed by atoms with Crippen molar-refractivity contribution in [2.45, 2.75) is 6.10 Å². The van der Waals surface area contributed by atoms with Crippen molar-refractivity contribution in [2.75, 3.05) is 51.3 Å². The number of nitro benzene ring substituents is 1. The molecule has 1 heterocycles. The number of nitro groups is 1. The molecule has 0 radical (unpaired) electrons. The Hall–Kier alpha value is -1.41. The molecule has 1 aromatic carbocycles. The van der Waals surface area contributed by atoms with E-state index in [-0.39, 0.29) is 23.0 Å². The number of piperazine rings is 1. The highest BCUT2D eigenvalue weighted by Gasteiger charge is 2.24. The zero-order chi connectivity index (χ0) is 15.2. The third kappa shape index (κ3) is 4.81. The van der Waals surface area contributed by atoms with Gasteiger partial charge in [-0.05, 0) is 6.07 Å². The van der Waals surface area contributed by atoms with Gasteiger partial charge < -0.3 is 27.2 Å². The van der Waals surface area contributed by atoms with Gasteiger partial charge in [0.05, 0.1) is 17.6 Å². The SMILES string of the molecule is COCC(O)CN1CCN(c2ccccc2[N+](=O)[O-])CC1.[Cl-]. The molecule has 0 bridgehead atoms. The topological polar surface area (TPSA) is 79.1 Å². The van der Waals surface area contributed by atoms with Gasteiger partial charge in [0.15, 0.2) is 0 Å². The molecule has 124 valence electrons. The molecule has 0 aliphatic carbocycles. The van der Waals surface area contributed by atoms with E-state index in [2.05, 4.69) is 4.90 Å². The van der Waals surface area contributed by atoms with E-state index in [1.54, 1.807) is 19.2 Å². The Bertz CT molecular complexity index is 481. The number of para-hydroxylation sites is 2. The Kier molecular flexibility index (Phi) is 7.53. The summed E-state index contributed by atoms with van der Waals surface area (Å²) < 4.78 is 4.92. The summed E-state index contributed by atoms with van der Waals surface area (Å²) in [5, 5.41) is 20.8. The molecule has 8 heteroatoms. The van der Waals surface area contributed by atoms with Crippen LogP contribution in [0.15, 0.2) is 24.3 Å². The van der Waals surface area contributed by atoms with Crippen molar-refractivity contribution in [3.8, 4) is 0 Å². The third-order valence-corrected chi connectivity index (χ3v) is 3.62. The molecule has 0 saturated carbocycles. The lowest BCUT2D eigenvalue weighted by molar-refractivity contribution is -0.384. The number of hydrogen-bond donors (Lipinski definition) is 1. The molecule has 1 fully saturated rings. The number of nitrogens with zero attached hydrogens (tertiary/aromatic N) is 3. The Morgan fingerprint density at radius 2 is 1.95 bits per heavy atom. The van der Waals surface area contributed by atoms with Crippen molar-refractivity contribution in [1.82, 2.24) is 4.90 Å². The number of aliphatic hydroxyl groups excluding tert-OH is 1. The first kappa shape index (κ1) is 18.6. The first-order chi connectivity index (χ1) is 10.1. The summed E-state index contributed by atoms with van der Waals surface area (Å²) in [6.45, 7) is 3.86. The summed E-state index contributed by atoms with van der Waals surface area (Å²) in [5.41, 5.74) is 0.810. The molecule has 1 aromatic rings. The number of ether oxygens (including phenoxy) is 1. The number of benzene rings is 1. The minimum atomic E-state index is -0.493. The van der Waals surface area contributed by atoms with Gasteiger partial charge in [-0.15, -0.1) is 0 Å². The van der Waals surface area contributed by atoms with Crippen LogP contribution in [0.5, 0.6) is 0 Å². The highest BCUT2D eigenvalue weighted by atomic mass is 35.5. The number of halogens is 1.